The summed E-state index contributed by atoms with van der Waals surface area (Å²) in [6.45, 7) is 0. The van der Waals surface area contributed by atoms with E-state index in [4.69, 9.17) is 4.84 Å². The van der Waals surface area contributed by atoms with Gasteiger partial charge < -0.3 is 4.84 Å². The second-order valence-corrected chi connectivity index (χ2v) is 5.10. The zero-order valence-electron chi connectivity index (χ0n) is 12.6. The van der Waals surface area contributed by atoms with Crippen LogP contribution in [0.4, 0.5) is 0 Å². The van der Waals surface area contributed by atoms with E-state index >= 15 is 0 Å². The maximum absolute atomic E-state index is 12.5. The van der Waals surface area contributed by atoms with E-state index in [0.717, 1.165) is 0 Å². The van der Waals surface area contributed by atoms with Crippen molar-refractivity contribution in [2.24, 2.45) is 0 Å². The van der Waals surface area contributed by atoms with Gasteiger partial charge in [0.2, 0.25) is 0 Å². The molecule has 0 aliphatic carbocycles. The van der Waals surface area contributed by atoms with Crippen LogP contribution < -0.4 is 0 Å². The lowest BCUT2D eigenvalue weighted by molar-refractivity contribution is -0.0584. The number of hydrogen-bond donors (Lipinski definition) is 0. The molecular formula is C16H9N5O4. The standard InChI is InChI=1S/C16H9N5O4/c22-14-10-5-1-2-6-11(10)15(23)21(14)25-16(24)12-7-3-4-8-13(12)20-9-17-18-19-20/h1-9H. The molecule has 0 saturated carbocycles. The average molecular weight is 335 g/mol. The zero-order valence-corrected chi connectivity index (χ0v) is 12.6. The van der Waals surface area contributed by atoms with Gasteiger partial charge in [-0.25, -0.2) is 4.79 Å². The van der Waals surface area contributed by atoms with E-state index < -0.39 is 17.8 Å². The Kier molecular flexibility index (Phi) is 3.31. The van der Waals surface area contributed by atoms with Crippen molar-refractivity contribution in [3.63, 3.8) is 0 Å². The molecular weight excluding hydrogens is 326 g/mol. The number of para-hydroxylation sites is 1. The van der Waals surface area contributed by atoms with Gasteiger partial charge in [-0.2, -0.15) is 4.68 Å². The SMILES string of the molecule is O=C(ON1C(=O)c2ccccc2C1=O)c1ccccc1-n1cnnn1. The molecule has 1 aliphatic heterocycles. The minimum absolute atomic E-state index is 0.103. The van der Waals surface area contributed by atoms with Crippen LogP contribution in [0.5, 0.6) is 0 Å². The highest BCUT2D eigenvalue weighted by Crippen LogP contribution is 2.24. The number of amides is 2. The van der Waals surface area contributed by atoms with Gasteiger partial charge in [0.25, 0.3) is 11.8 Å². The van der Waals surface area contributed by atoms with Crippen molar-refractivity contribution in [3.05, 3.63) is 71.5 Å². The summed E-state index contributed by atoms with van der Waals surface area (Å²) in [5.74, 6) is -2.25. The van der Waals surface area contributed by atoms with Crippen LogP contribution in [0.3, 0.4) is 0 Å². The van der Waals surface area contributed by atoms with Gasteiger partial charge in [0.1, 0.15) is 6.33 Å². The van der Waals surface area contributed by atoms with Crippen molar-refractivity contribution in [1.29, 1.82) is 0 Å². The molecule has 3 aromatic rings. The van der Waals surface area contributed by atoms with E-state index in [1.807, 2.05) is 0 Å². The summed E-state index contributed by atoms with van der Waals surface area (Å²) in [5, 5.41) is 11.2. The van der Waals surface area contributed by atoms with Crippen LogP contribution in [0.25, 0.3) is 5.69 Å². The van der Waals surface area contributed by atoms with Crippen LogP contribution in [0.15, 0.2) is 54.9 Å². The number of carbonyl (C=O) groups is 3. The molecule has 0 saturated heterocycles. The van der Waals surface area contributed by atoms with Crippen LogP contribution in [0, 0.1) is 0 Å². The van der Waals surface area contributed by atoms with Crippen molar-refractivity contribution >= 4 is 17.8 Å². The molecule has 9 heteroatoms. The number of hydroxylamine groups is 2. The third-order valence-corrected chi connectivity index (χ3v) is 3.65. The van der Waals surface area contributed by atoms with Crippen LogP contribution in [0.1, 0.15) is 31.1 Å². The number of aromatic nitrogens is 4. The topological polar surface area (TPSA) is 107 Å². The molecule has 9 nitrogen and oxygen atoms in total. The van der Waals surface area contributed by atoms with Gasteiger partial charge in [0, 0.05) is 0 Å². The highest BCUT2D eigenvalue weighted by molar-refractivity contribution is 6.21. The molecule has 0 fully saturated rings. The summed E-state index contributed by atoms with van der Waals surface area (Å²) in [6, 6.07) is 12.6. The number of fused-ring (bicyclic) bond motifs is 1. The summed E-state index contributed by atoms with van der Waals surface area (Å²) in [7, 11) is 0. The molecule has 2 heterocycles. The molecule has 0 bridgehead atoms. The smallest absolute Gasteiger partial charge is 0.324 e. The lowest BCUT2D eigenvalue weighted by Crippen LogP contribution is -2.33. The van der Waals surface area contributed by atoms with E-state index in [9.17, 15) is 14.4 Å². The second-order valence-electron chi connectivity index (χ2n) is 5.10. The Balaban J connectivity index is 1.65. The highest BCUT2D eigenvalue weighted by atomic mass is 16.7. The van der Waals surface area contributed by atoms with Gasteiger partial charge in [-0.05, 0) is 34.7 Å². The predicted molar refractivity (Wildman–Crippen MR) is 81.5 cm³/mol. The van der Waals surface area contributed by atoms with Gasteiger partial charge in [-0.1, -0.05) is 29.3 Å². The largest absolute Gasteiger partial charge is 0.366 e. The predicted octanol–water partition coefficient (Wildman–Crippen LogP) is 1.03. The molecule has 0 atom stereocenters. The number of benzene rings is 2. The van der Waals surface area contributed by atoms with Gasteiger partial charge in [-0.3, -0.25) is 9.59 Å². The van der Waals surface area contributed by atoms with E-state index in [0.29, 0.717) is 10.8 Å². The van der Waals surface area contributed by atoms with Crippen LogP contribution in [0.2, 0.25) is 0 Å². The lowest BCUT2D eigenvalue weighted by atomic mass is 10.1. The summed E-state index contributed by atoms with van der Waals surface area (Å²) in [5.41, 5.74) is 0.837. The fraction of sp³-hybridized carbons (Fsp3) is 0. The molecule has 0 radical (unpaired) electrons. The first-order chi connectivity index (χ1) is 12.2. The third-order valence-electron chi connectivity index (χ3n) is 3.65. The highest BCUT2D eigenvalue weighted by Gasteiger charge is 2.39. The summed E-state index contributed by atoms with van der Waals surface area (Å²) < 4.78 is 1.28. The summed E-state index contributed by atoms with van der Waals surface area (Å²) in [6.07, 6.45) is 1.31. The minimum atomic E-state index is -0.874. The van der Waals surface area contributed by atoms with E-state index in [2.05, 4.69) is 15.5 Å². The molecule has 1 aliphatic rings. The fourth-order valence-corrected chi connectivity index (χ4v) is 2.50. The van der Waals surface area contributed by atoms with E-state index in [1.165, 1.54) is 29.2 Å². The van der Waals surface area contributed by atoms with Crippen molar-refractivity contribution < 1.29 is 19.2 Å². The first-order valence-electron chi connectivity index (χ1n) is 7.19. The van der Waals surface area contributed by atoms with Crippen molar-refractivity contribution in [3.8, 4) is 5.69 Å². The van der Waals surface area contributed by atoms with E-state index in [1.54, 1.807) is 30.3 Å². The average Bonchev–Trinajstić information content (AvgIpc) is 3.26. The molecule has 2 amide bonds. The number of nitrogens with zero attached hydrogens (tertiary/aromatic N) is 5. The molecule has 122 valence electrons. The van der Waals surface area contributed by atoms with E-state index in [-0.39, 0.29) is 16.7 Å². The number of imide groups is 1. The second kappa shape index (κ2) is 5.64. The Morgan fingerprint density at radius 1 is 0.920 bits per heavy atom. The Morgan fingerprint density at radius 2 is 1.56 bits per heavy atom. The number of hydrogen-bond acceptors (Lipinski definition) is 7. The lowest BCUT2D eigenvalue weighted by Gasteiger charge is -2.14. The Hall–Kier alpha value is -3.88. The van der Waals surface area contributed by atoms with Gasteiger partial charge in [-0.15, -0.1) is 5.10 Å². The Bertz CT molecular complexity index is 964. The van der Waals surface area contributed by atoms with Crippen LogP contribution in [-0.2, 0) is 4.84 Å². The Morgan fingerprint density at radius 3 is 2.20 bits per heavy atom. The minimum Gasteiger partial charge on any atom is -0.324 e. The van der Waals surface area contributed by atoms with Crippen molar-refractivity contribution in [1.82, 2.24) is 25.3 Å². The zero-order chi connectivity index (χ0) is 17.4. The Labute approximate surface area is 140 Å². The first kappa shape index (κ1) is 14.7. The molecule has 0 spiro atoms. The molecule has 1 aromatic heterocycles. The summed E-state index contributed by atoms with van der Waals surface area (Å²) >= 11 is 0. The molecule has 0 N–H and O–H groups in total. The van der Waals surface area contributed by atoms with Crippen molar-refractivity contribution in [2.45, 2.75) is 0 Å². The quantitative estimate of drug-likeness (QED) is 0.658. The van der Waals surface area contributed by atoms with Crippen LogP contribution in [-0.4, -0.2) is 43.1 Å². The molecule has 0 unspecified atom stereocenters. The number of carbonyl (C=O) groups excluding carboxylic acids is 3. The van der Waals surface area contributed by atoms with Gasteiger partial charge >= 0.3 is 5.97 Å². The molecule has 4 rings (SSSR count). The van der Waals surface area contributed by atoms with Crippen LogP contribution >= 0.6 is 0 Å². The number of rotatable bonds is 3. The monoisotopic (exact) mass is 335 g/mol. The first-order valence-corrected chi connectivity index (χ1v) is 7.19. The third kappa shape index (κ3) is 2.34. The normalized spacial score (nSPS) is 13.0. The van der Waals surface area contributed by atoms with Gasteiger partial charge in [0.05, 0.1) is 22.4 Å². The molecule has 25 heavy (non-hydrogen) atoms. The summed E-state index contributed by atoms with van der Waals surface area (Å²) in [4.78, 5) is 42.1. The fourth-order valence-electron chi connectivity index (χ4n) is 2.50. The van der Waals surface area contributed by atoms with Gasteiger partial charge in [0.15, 0.2) is 0 Å². The molecule has 2 aromatic carbocycles. The van der Waals surface area contributed by atoms with Crippen molar-refractivity contribution in [2.75, 3.05) is 0 Å². The number of tetrazole rings is 1. The maximum Gasteiger partial charge on any atom is 0.366 e. The maximum atomic E-state index is 12.5.